The zero-order valence-corrected chi connectivity index (χ0v) is 14.6. The molecule has 0 saturated carbocycles. The Labute approximate surface area is 152 Å². The SMILES string of the molecule is O=C(c1csc(-c2ccco2)n1)N1CCC[C@@H]1c1nnc2ccccn12. The van der Waals surface area contributed by atoms with Crippen LogP contribution in [0.25, 0.3) is 16.4 Å². The number of carbonyl (C=O) groups excluding carboxylic acids is 1. The van der Waals surface area contributed by atoms with Crippen LogP contribution in [0.2, 0.25) is 0 Å². The largest absolute Gasteiger partial charge is 0.462 e. The van der Waals surface area contributed by atoms with Crippen LogP contribution in [0.3, 0.4) is 0 Å². The molecule has 4 aromatic heterocycles. The summed E-state index contributed by atoms with van der Waals surface area (Å²) in [6.45, 7) is 0.693. The number of pyridine rings is 1. The van der Waals surface area contributed by atoms with Gasteiger partial charge in [0.25, 0.3) is 5.91 Å². The molecule has 0 aromatic carbocycles. The number of aromatic nitrogens is 4. The van der Waals surface area contributed by atoms with Gasteiger partial charge in [-0.1, -0.05) is 6.07 Å². The molecule has 1 amide bonds. The van der Waals surface area contributed by atoms with Gasteiger partial charge in [-0.25, -0.2) is 4.98 Å². The number of likely N-dealkylation sites (tertiary alicyclic amines) is 1. The number of thiazole rings is 1. The first-order valence-electron chi connectivity index (χ1n) is 8.41. The summed E-state index contributed by atoms with van der Waals surface area (Å²) in [4.78, 5) is 19.4. The Kier molecular flexibility index (Phi) is 3.56. The van der Waals surface area contributed by atoms with Crippen LogP contribution in [0.1, 0.15) is 35.2 Å². The van der Waals surface area contributed by atoms with Gasteiger partial charge in [0.2, 0.25) is 0 Å². The minimum Gasteiger partial charge on any atom is -0.462 e. The summed E-state index contributed by atoms with van der Waals surface area (Å²) in [5.41, 5.74) is 1.23. The predicted molar refractivity (Wildman–Crippen MR) is 95.8 cm³/mol. The Morgan fingerprint density at radius 2 is 2.19 bits per heavy atom. The highest BCUT2D eigenvalue weighted by Crippen LogP contribution is 2.33. The van der Waals surface area contributed by atoms with E-state index in [1.807, 2.05) is 45.8 Å². The molecule has 0 radical (unpaired) electrons. The van der Waals surface area contributed by atoms with Crippen molar-refractivity contribution in [1.29, 1.82) is 0 Å². The minimum absolute atomic E-state index is 0.0748. The molecule has 0 aliphatic carbocycles. The van der Waals surface area contributed by atoms with Gasteiger partial charge in [0.1, 0.15) is 5.69 Å². The van der Waals surface area contributed by atoms with Crippen molar-refractivity contribution in [1.82, 2.24) is 24.5 Å². The third-order valence-corrected chi connectivity index (χ3v) is 5.46. The molecule has 130 valence electrons. The smallest absolute Gasteiger partial charge is 0.273 e. The molecule has 1 atom stereocenters. The molecule has 4 aromatic rings. The van der Waals surface area contributed by atoms with Crippen molar-refractivity contribution in [2.24, 2.45) is 0 Å². The normalized spacial score (nSPS) is 17.2. The zero-order chi connectivity index (χ0) is 17.5. The first-order valence-corrected chi connectivity index (χ1v) is 9.29. The van der Waals surface area contributed by atoms with E-state index in [4.69, 9.17) is 4.42 Å². The molecule has 0 bridgehead atoms. The number of hydrogen-bond acceptors (Lipinski definition) is 6. The summed E-state index contributed by atoms with van der Waals surface area (Å²) < 4.78 is 7.32. The van der Waals surface area contributed by atoms with E-state index in [0.717, 1.165) is 24.3 Å². The summed E-state index contributed by atoms with van der Waals surface area (Å²) in [6.07, 6.45) is 5.35. The quantitative estimate of drug-likeness (QED) is 0.556. The summed E-state index contributed by atoms with van der Waals surface area (Å²) in [5, 5.41) is 11.1. The zero-order valence-electron chi connectivity index (χ0n) is 13.8. The summed E-state index contributed by atoms with van der Waals surface area (Å²) in [7, 11) is 0. The average Bonchev–Trinajstić information content (AvgIpc) is 3.47. The molecule has 0 N–H and O–H groups in total. The second-order valence-corrected chi connectivity index (χ2v) is 7.02. The van der Waals surface area contributed by atoms with E-state index in [2.05, 4.69) is 15.2 Å². The standard InChI is InChI=1S/C18H15N5O2S/c24-18(12-11-26-17(19-12)14-6-4-10-25-14)22-9-3-5-13(22)16-21-20-15-7-1-2-8-23(15)16/h1-2,4,6-8,10-11,13H,3,5,9H2/t13-/m1/s1. The van der Waals surface area contributed by atoms with Crippen molar-refractivity contribution < 1.29 is 9.21 Å². The monoisotopic (exact) mass is 365 g/mol. The Hall–Kier alpha value is -3.00. The molecule has 1 aliphatic rings. The van der Waals surface area contributed by atoms with Gasteiger partial charge in [-0.05, 0) is 37.1 Å². The number of fused-ring (bicyclic) bond motifs is 1. The highest BCUT2D eigenvalue weighted by atomic mass is 32.1. The summed E-state index contributed by atoms with van der Waals surface area (Å²) in [5.74, 6) is 1.40. The molecular weight excluding hydrogens is 350 g/mol. The van der Waals surface area contributed by atoms with Gasteiger partial charge in [-0.15, -0.1) is 21.5 Å². The number of carbonyl (C=O) groups is 1. The van der Waals surface area contributed by atoms with Crippen molar-refractivity contribution in [3.8, 4) is 10.8 Å². The third-order valence-electron chi connectivity index (χ3n) is 4.61. The molecule has 5 rings (SSSR count). The second-order valence-electron chi connectivity index (χ2n) is 6.16. The number of rotatable bonds is 3. The number of amides is 1. The summed E-state index contributed by atoms with van der Waals surface area (Å²) >= 11 is 1.41. The number of hydrogen-bond donors (Lipinski definition) is 0. The molecule has 1 saturated heterocycles. The van der Waals surface area contributed by atoms with Crippen molar-refractivity contribution in [2.75, 3.05) is 6.54 Å². The Balaban J connectivity index is 1.46. The van der Waals surface area contributed by atoms with Gasteiger partial charge in [-0.2, -0.15) is 0 Å². The lowest BCUT2D eigenvalue weighted by molar-refractivity contribution is 0.0724. The van der Waals surface area contributed by atoms with Crippen LogP contribution in [0.5, 0.6) is 0 Å². The molecular formula is C18H15N5O2S. The van der Waals surface area contributed by atoms with Crippen LogP contribution in [0, 0.1) is 0 Å². The predicted octanol–water partition coefficient (Wildman–Crippen LogP) is 3.42. The van der Waals surface area contributed by atoms with E-state index in [9.17, 15) is 4.79 Å². The molecule has 0 spiro atoms. The van der Waals surface area contributed by atoms with Crippen molar-refractivity contribution >= 4 is 22.9 Å². The lowest BCUT2D eigenvalue weighted by Crippen LogP contribution is -2.31. The number of nitrogens with zero attached hydrogens (tertiary/aromatic N) is 5. The van der Waals surface area contributed by atoms with E-state index in [1.165, 1.54) is 11.3 Å². The molecule has 8 heteroatoms. The van der Waals surface area contributed by atoms with Gasteiger partial charge < -0.3 is 9.32 Å². The van der Waals surface area contributed by atoms with Gasteiger partial charge in [0.05, 0.1) is 12.3 Å². The molecule has 5 heterocycles. The second kappa shape index (κ2) is 6.06. The van der Waals surface area contributed by atoms with Gasteiger partial charge in [-0.3, -0.25) is 9.20 Å². The Bertz CT molecular complexity index is 1070. The van der Waals surface area contributed by atoms with Crippen molar-refractivity contribution in [2.45, 2.75) is 18.9 Å². The van der Waals surface area contributed by atoms with Crippen LogP contribution in [0.4, 0.5) is 0 Å². The van der Waals surface area contributed by atoms with E-state index < -0.39 is 0 Å². The minimum atomic E-state index is -0.0892. The van der Waals surface area contributed by atoms with Crippen LogP contribution in [-0.2, 0) is 0 Å². The van der Waals surface area contributed by atoms with Crippen LogP contribution >= 0.6 is 11.3 Å². The maximum absolute atomic E-state index is 13.1. The highest BCUT2D eigenvalue weighted by Gasteiger charge is 2.34. The summed E-state index contributed by atoms with van der Waals surface area (Å²) in [6, 6.07) is 9.34. The molecule has 0 unspecified atom stereocenters. The third kappa shape index (κ3) is 2.41. The highest BCUT2D eigenvalue weighted by molar-refractivity contribution is 7.13. The maximum Gasteiger partial charge on any atom is 0.273 e. The van der Waals surface area contributed by atoms with E-state index >= 15 is 0 Å². The van der Waals surface area contributed by atoms with Crippen LogP contribution < -0.4 is 0 Å². The Morgan fingerprint density at radius 3 is 3.08 bits per heavy atom. The van der Waals surface area contributed by atoms with Crippen molar-refractivity contribution in [3.05, 3.63) is 59.7 Å². The lowest BCUT2D eigenvalue weighted by atomic mass is 10.2. The first-order chi connectivity index (χ1) is 12.8. The molecule has 1 aliphatic heterocycles. The molecule has 7 nitrogen and oxygen atoms in total. The lowest BCUT2D eigenvalue weighted by Gasteiger charge is -2.22. The van der Waals surface area contributed by atoms with Gasteiger partial charge in [0.15, 0.2) is 22.2 Å². The molecule has 26 heavy (non-hydrogen) atoms. The van der Waals surface area contributed by atoms with E-state index in [1.54, 1.807) is 11.6 Å². The average molecular weight is 365 g/mol. The molecule has 1 fully saturated rings. The van der Waals surface area contributed by atoms with E-state index in [0.29, 0.717) is 23.0 Å². The first kappa shape index (κ1) is 15.3. The van der Waals surface area contributed by atoms with Crippen LogP contribution in [0.15, 0.2) is 52.6 Å². The van der Waals surface area contributed by atoms with Gasteiger partial charge in [0, 0.05) is 18.1 Å². The maximum atomic E-state index is 13.1. The van der Waals surface area contributed by atoms with Crippen LogP contribution in [-0.4, -0.2) is 36.9 Å². The van der Waals surface area contributed by atoms with Gasteiger partial charge >= 0.3 is 0 Å². The Morgan fingerprint density at radius 1 is 1.23 bits per heavy atom. The number of furan rings is 1. The fraction of sp³-hybridized carbons (Fsp3) is 0.222. The topological polar surface area (TPSA) is 76.5 Å². The van der Waals surface area contributed by atoms with E-state index in [-0.39, 0.29) is 11.9 Å². The fourth-order valence-electron chi connectivity index (χ4n) is 3.40. The fourth-order valence-corrected chi connectivity index (χ4v) is 4.16. The van der Waals surface area contributed by atoms with Crippen molar-refractivity contribution in [3.63, 3.8) is 0 Å².